The molecule has 0 bridgehead atoms. The molecule has 0 aliphatic rings. The van der Waals surface area contributed by atoms with Crippen LogP contribution in [0.25, 0.3) is 11.1 Å². The van der Waals surface area contributed by atoms with Crippen molar-refractivity contribution in [1.29, 1.82) is 0 Å². The molecule has 5 nitrogen and oxygen atoms in total. The van der Waals surface area contributed by atoms with Crippen molar-refractivity contribution >= 4 is 15.9 Å². The maximum Gasteiger partial charge on any atom is 0.262 e. The quantitative estimate of drug-likeness (QED) is 0.804. The molecule has 0 atom stereocenters. The van der Waals surface area contributed by atoms with Gasteiger partial charge in [-0.15, -0.1) is 0 Å². The zero-order valence-electron chi connectivity index (χ0n) is 10.4. The third kappa shape index (κ3) is 3.02. The number of aromatic hydroxyl groups is 1. The normalized spacial score (nSPS) is 10.6. The van der Waals surface area contributed by atoms with E-state index in [0.717, 1.165) is 11.0 Å². The lowest BCUT2D eigenvalue weighted by Gasteiger charge is -2.07. The number of nitrogens with one attached hydrogen (secondary N) is 2. The average Bonchev–Trinajstić information content (AvgIpc) is 2.38. The minimum atomic E-state index is -0.354. The van der Waals surface area contributed by atoms with E-state index >= 15 is 0 Å². The molecule has 2 rings (SSSR count). The van der Waals surface area contributed by atoms with Crippen LogP contribution in [0.5, 0.6) is 5.88 Å². The fourth-order valence-corrected chi connectivity index (χ4v) is 2.22. The van der Waals surface area contributed by atoms with Crippen molar-refractivity contribution in [2.45, 2.75) is 13.5 Å². The maximum absolute atomic E-state index is 12.1. The molecule has 1 aromatic carbocycles. The first kappa shape index (κ1) is 13.8. The zero-order chi connectivity index (χ0) is 13.8. The van der Waals surface area contributed by atoms with Crippen molar-refractivity contribution in [3.63, 3.8) is 0 Å². The van der Waals surface area contributed by atoms with Gasteiger partial charge in [-0.1, -0.05) is 41.1 Å². The van der Waals surface area contributed by atoms with Crippen molar-refractivity contribution in [1.82, 2.24) is 15.3 Å². The molecule has 0 saturated heterocycles. The Morgan fingerprint density at radius 1 is 1.42 bits per heavy atom. The molecule has 19 heavy (non-hydrogen) atoms. The molecule has 0 spiro atoms. The first-order valence-electron chi connectivity index (χ1n) is 5.91. The van der Waals surface area contributed by atoms with Crippen LogP contribution in [-0.4, -0.2) is 21.6 Å². The number of rotatable bonds is 4. The molecule has 1 aromatic heterocycles. The molecular weight excluding hydrogens is 310 g/mol. The van der Waals surface area contributed by atoms with Crippen molar-refractivity contribution < 1.29 is 5.11 Å². The average molecular weight is 324 g/mol. The van der Waals surface area contributed by atoms with Crippen LogP contribution in [0.1, 0.15) is 12.7 Å². The van der Waals surface area contributed by atoms with Crippen LogP contribution in [0, 0.1) is 0 Å². The van der Waals surface area contributed by atoms with Crippen LogP contribution in [-0.2, 0) is 6.54 Å². The Morgan fingerprint density at radius 3 is 2.79 bits per heavy atom. The predicted octanol–water partition coefficient (Wildman–Crippen LogP) is 2.01. The molecule has 0 radical (unpaired) electrons. The Morgan fingerprint density at radius 2 is 2.16 bits per heavy atom. The minimum absolute atomic E-state index is 0.174. The highest BCUT2D eigenvalue weighted by Gasteiger charge is 2.14. The predicted molar refractivity (Wildman–Crippen MR) is 77.0 cm³/mol. The summed E-state index contributed by atoms with van der Waals surface area (Å²) < 4.78 is 0.733. The molecule has 6 heteroatoms. The van der Waals surface area contributed by atoms with Gasteiger partial charge in [0.25, 0.3) is 5.56 Å². The second-order valence-corrected chi connectivity index (χ2v) is 4.83. The lowest BCUT2D eigenvalue weighted by Crippen LogP contribution is -2.20. The maximum atomic E-state index is 12.1. The summed E-state index contributed by atoms with van der Waals surface area (Å²) in [6, 6.07) is 7.19. The monoisotopic (exact) mass is 323 g/mol. The van der Waals surface area contributed by atoms with Gasteiger partial charge in [0.05, 0.1) is 6.54 Å². The second kappa shape index (κ2) is 5.99. The van der Waals surface area contributed by atoms with E-state index in [0.29, 0.717) is 17.9 Å². The van der Waals surface area contributed by atoms with Gasteiger partial charge in [0.1, 0.15) is 11.4 Å². The third-order valence-electron chi connectivity index (χ3n) is 2.63. The number of benzene rings is 1. The minimum Gasteiger partial charge on any atom is -0.493 e. The Balaban J connectivity index is 2.49. The number of H-pyrrole nitrogens is 1. The van der Waals surface area contributed by atoms with E-state index in [1.807, 2.05) is 13.0 Å². The zero-order valence-corrected chi connectivity index (χ0v) is 12.0. The lowest BCUT2D eigenvalue weighted by molar-refractivity contribution is 0.448. The Kier molecular flexibility index (Phi) is 4.34. The molecule has 100 valence electrons. The summed E-state index contributed by atoms with van der Waals surface area (Å²) in [5.41, 5.74) is 0.434. The fourth-order valence-electron chi connectivity index (χ4n) is 1.74. The smallest absolute Gasteiger partial charge is 0.262 e. The first-order valence-corrected chi connectivity index (χ1v) is 6.70. The topological polar surface area (TPSA) is 78.0 Å². The van der Waals surface area contributed by atoms with Crippen LogP contribution < -0.4 is 10.9 Å². The van der Waals surface area contributed by atoms with Crippen LogP contribution in [0.4, 0.5) is 0 Å². The van der Waals surface area contributed by atoms with Crippen molar-refractivity contribution in [3.8, 4) is 17.0 Å². The highest BCUT2D eigenvalue weighted by Crippen LogP contribution is 2.29. The summed E-state index contributed by atoms with van der Waals surface area (Å²) >= 11 is 3.36. The van der Waals surface area contributed by atoms with E-state index in [9.17, 15) is 9.90 Å². The number of halogens is 1. The van der Waals surface area contributed by atoms with Crippen LogP contribution >= 0.6 is 15.9 Å². The molecule has 0 saturated carbocycles. The van der Waals surface area contributed by atoms with Gasteiger partial charge in [-0.05, 0) is 12.6 Å². The van der Waals surface area contributed by atoms with E-state index in [-0.39, 0.29) is 17.0 Å². The highest BCUT2D eigenvalue weighted by molar-refractivity contribution is 9.10. The van der Waals surface area contributed by atoms with Gasteiger partial charge in [0.2, 0.25) is 5.88 Å². The van der Waals surface area contributed by atoms with Crippen molar-refractivity contribution in [2.75, 3.05) is 6.54 Å². The summed E-state index contributed by atoms with van der Waals surface area (Å²) in [5.74, 6) is 0.156. The van der Waals surface area contributed by atoms with E-state index in [4.69, 9.17) is 0 Å². The summed E-state index contributed by atoms with van der Waals surface area (Å²) in [6.07, 6.45) is 0. The fraction of sp³-hybridized carbons (Fsp3) is 0.231. The van der Waals surface area contributed by atoms with Crippen LogP contribution in [0.2, 0.25) is 0 Å². The number of hydrogen-bond acceptors (Lipinski definition) is 4. The molecule has 0 fully saturated rings. The molecule has 0 aliphatic heterocycles. The van der Waals surface area contributed by atoms with Gasteiger partial charge < -0.3 is 15.4 Å². The molecule has 2 aromatic rings. The lowest BCUT2D eigenvalue weighted by atomic mass is 10.1. The van der Waals surface area contributed by atoms with Gasteiger partial charge in [-0.2, -0.15) is 4.98 Å². The number of nitrogens with zero attached hydrogens (tertiary/aromatic N) is 1. The molecule has 3 N–H and O–H groups in total. The summed E-state index contributed by atoms with van der Waals surface area (Å²) in [6.45, 7) is 3.12. The van der Waals surface area contributed by atoms with E-state index < -0.39 is 0 Å². The van der Waals surface area contributed by atoms with Gasteiger partial charge in [-0.25, -0.2) is 0 Å². The molecular formula is C13H14BrN3O2. The molecule has 0 aliphatic carbocycles. The van der Waals surface area contributed by atoms with E-state index in [2.05, 4.69) is 31.2 Å². The van der Waals surface area contributed by atoms with Gasteiger partial charge >= 0.3 is 0 Å². The SMILES string of the molecule is CCNCc1nc(O)c(-c2ccccc2Br)c(=O)[nH]1. The highest BCUT2D eigenvalue weighted by atomic mass is 79.9. The number of hydrogen-bond donors (Lipinski definition) is 3. The van der Waals surface area contributed by atoms with Gasteiger partial charge in [-0.3, -0.25) is 4.79 Å². The molecule has 0 amide bonds. The van der Waals surface area contributed by atoms with Gasteiger partial charge in [0, 0.05) is 10.0 Å². The largest absolute Gasteiger partial charge is 0.493 e. The number of aromatic nitrogens is 2. The Labute approximate surface area is 118 Å². The van der Waals surface area contributed by atoms with Crippen LogP contribution in [0.3, 0.4) is 0 Å². The van der Waals surface area contributed by atoms with Crippen LogP contribution in [0.15, 0.2) is 33.5 Å². The Hall–Kier alpha value is -1.66. The van der Waals surface area contributed by atoms with Crippen molar-refractivity contribution in [2.24, 2.45) is 0 Å². The molecule has 0 unspecified atom stereocenters. The summed E-state index contributed by atoms with van der Waals surface area (Å²) in [4.78, 5) is 18.7. The second-order valence-electron chi connectivity index (χ2n) is 3.97. The van der Waals surface area contributed by atoms with E-state index in [1.165, 1.54) is 0 Å². The van der Waals surface area contributed by atoms with E-state index in [1.54, 1.807) is 18.2 Å². The summed E-state index contributed by atoms with van der Waals surface area (Å²) in [5, 5.41) is 13.0. The first-order chi connectivity index (χ1) is 9.13. The molecule has 1 heterocycles. The number of aromatic amines is 1. The summed E-state index contributed by atoms with van der Waals surface area (Å²) in [7, 11) is 0. The van der Waals surface area contributed by atoms with Gasteiger partial charge in [0.15, 0.2) is 0 Å². The Bertz CT molecular complexity index is 640. The van der Waals surface area contributed by atoms with Crippen molar-refractivity contribution in [3.05, 3.63) is 44.9 Å². The third-order valence-corrected chi connectivity index (χ3v) is 3.33. The standard InChI is InChI=1S/C13H14BrN3O2/c1-2-15-7-10-16-12(18)11(13(19)17-10)8-5-3-4-6-9(8)14/h3-6,15H,2,7H2,1H3,(H2,16,17,18,19).